The molecule has 0 atom stereocenters. The van der Waals surface area contributed by atoms with Crippen LogP contribution in [0.2, 0.25) is 0 Å². The number of aliphatic imine (C=N–C) groups is 1. The summed E-state index contributed by atoms with van der Waals surface area (Å²) in [4.78, 5) is 4.67. The minimum atomic E-state index is 0. The van der Waals surface area contributed by atoms with Crippen LogP contribution < -0.4 is 15.4 Å². The maximum atomic E-state index is 5.99. The molecule has 2 aromatic carbocycles. The van der Waals surface area contributed by atoms with Crippen molar-refractivity contribution in [2.24, 2.45) is 4.99 Å². The van der Waals surface area contributed by atoms with Crippen molar-refractivity contribution in [3.63, 3.8) is 0 Å². The zero-order valence-corrected chi connectivity index (χ0v) is 20.5. The Kier molecular flexibility index (Phi) is 12.3. The molecule has 1 saturated heterocycles. The van der Waals surface area contributed by atoms with Gasteiger partial charge in [0.2, 0.25) is 0 Å². The van der Waals surface area contributed by atoms with Gasteiger partial charge in [0.1, 0.15) is 12.4 Å². The van der Waals surface area contributed by atoms with E-state index in [2.05, 4.69) is 46.8 Å². The second-order valence-corrected chi connectivity index (χ2v) is 7.22. The first-order chi connectivity index (χ1) is 14.8. The van der Waals surface area contributed by atoms with Crippen LogP contribution in [0.5, 0.6) is 5.75 Å². The summed E-state index contributed by atoms with van der Waals surface area (Å²) in [6.07, 6.45) is 2.30. The standard InChI is InChI=1S/C24H33N3O3.HI/c1-2-25-24(26-14-17-29-22-6-4-3-5-7-22)27-18-20-8-10-21(11-9-20)19-30-23-12-15-28-16-13-23;/h3-11,23H,2,12-19H2,1H3,(H2,25,26,27);1H. The first-order valence-electron chi connectivity index (χ1n) is 10.8. The Labute approximate surface area is 202 Å². The quantitative estimate of drug-likeness (QED) is 0.206. The summed E-state index contributed by atoms with van der Waals surface area (Å²) in [5.74, 6) is 1.67. The lowest BCUT2D eigenvalue weighted by atomic mass is 10.1. The number of guanidine groups is 1. The van der Waals surface area contributed by atoms with Crippen LogP contribution in [0.1, 0.15) is 30.9 Å². The number of nitrogens with zero attached hydrogens (tertiary/aromatic N) is 1. The van der Waals surface area contributed by atoms with Crippen LogP contribution in [0.4, 0.5) is 0 Å². The van der Waals surface area contributed by atoms with Crippen LogP contribution in [0.3, 0.4) is 0 Å². The Morgan fingerprint density at radius 2 is 1.71 bits per heavy atom. The van der Waals surface area contributed by atoms with E-state index in [1.165, 1.54) is 11.1 Å². The Morgan fingerprint density at radius 3 is 2.42 bits per heavy atom. The fourth-order valence-electron chi connectivity index (χ4n) is 3.16. The number of halogens is 1. The van der Waals surface area contributed by atoms with Gasteiger partial charge in [0, 0.05) is 19.8 Å². The molecule has 7 heteroatoms. The average Bonchev–Trinajstić information content (AvgIpc) is 2.81. The smallest absolute Gasteiger partial charge is 0.191 e. The van der Waals surface area contributed by atoms with E-state index < -0.39 is 0 Å². The molecule has 0 bridgehead atoms. The van der Waals surface area contributed by atoms with Gasteiger partial charge in [0.15, 0.2) is 5.96 Å². The second-order valence-electron chi connectivity index (χ2n) is 7.22. The molecule has 0 amide bonds. The molecule has 1 aliphatic heterocycles. The van der Waals surface area contributed by atoms with Gasteiger partial charge in [-0.2, -0.15) is 0 Å². The van der Waals surface area contributed by atoms with E-state index in [0.29, 0.717) is 32.4 Å². The van der Waals surface area contributed by atoms with E-state index in [-0.39, 0.29) is 24.0 Å². The van der Waals surface area contributed by atoms with E-state index in [9.17, 15) is 0 Å². The van der Waals surface area contributed by atoms with Crippen LogP contribution in [-0.4, -0.2) is 45.0 Å². The molecule has 0 radical (unpaired) electrons. The van der Waals surface area contributed by atoms with Crippen LogP contribution in [0, 0.1) is 0 Å². The molecule has 1 heterocycles. The molecule has 0 unspecified atom stereocenters. The van der Waals surface area contributed by atoms with Gasteiger partial charge in [-0.1, -0.05) is 42.5 Å². The molecule has 2 aromatic rings. The third-order valence-electron chi connectivity index (χ3n) is 4.85. The van der Waals surface area contributed by atoms with Gasteiger partial charge in [0.05, 0.1) is 25.8 Å². The highest BCUT2D eigenvalue weighted by Gasteiger charge is 2.13. The van der Waals surface area contributed by atoms with Crippen molar-refractivity contribution in [1.29, 1.82) is 0 Å². The third-order valence-corrected chi connectivity index (χ3v) is 4.85. The topological polar surface area (TPSA) is 64.1 Å². The first-order valence-corrected chi connectivity index (χ1v) is 10.8. The Morgan fingerprint density at radius 1 is 1.00 bits per heavy atom. The molecule has 3 rings (SSSR count). The minimum absolute atomic E-state index is 0. The van der Waals surface area contributed by atoms with E-state index in [4.69, 9.17) is 14.2 Å². The summed E-state index contributed by atoms with van der Waals surface area (Å²) < 4.78 is 17.1. The summed E-state index contributed by atoms with van der Waals surface area (Å²) >= 11 is 0. The predicted molar refractivity (Wildman–Crippen MR) is 135 cm³/mol. The number of ether oxygens (including phenoxy) is 3. The van der Waals surface area contributed by atoms with Gasteiger partial charge >= 0.3 is 0 Å². The number of hydrogen-bond acceptors (Lipinski definition) is 4. The lowest BCUT2D eigenvalue weighted by Gasteiger charge is -2.22. The number of para-hydroxylation sites is 1. The number of benzene rings is 2. The summed E-state index contributed by atoms with van der Waals surface area (Å²) in [5.41, 5.74) is 2.36. The molecule has 31 heavy (non-hydrogen) atoms. The second kappa shape index (κ2) is 15.0. The molecule has 1 fully saturated rings. The number of nitrogens with one attached hydrogen (secondary N) is 2. The molecule has 0 saturated carbocycles. The minimum Gasteiger partial charge on any atom is -0.492 e. The average molecular weight is 539 g/mol. The molecule has 6 nitrogen and oxygen atoms in total. The molecular weight excluding hydrogens is 505 g/mol. The van der Waals surface area contributed by atoms with Gasteiger partial charge in [-0.3, -0.25) is 0 Å². The number of rotatable bonds is 10. The van der Waals surface area contributed by atoms with Crippen molar-refractivity contribution in [2.45, 2.75) is 39.0 Å². The van der Waals surface area contributed by atoms with Gasteiger partial charge < -0.3 is 24.8 Å². The van der Waals surface area contributed by atoms with Crippen molar-refractivity contribution >= 4 is 29.9 Å². The lowest BCUT2D eigenvalue weighted by molar-refractivity contribution is -0.0390. The van der Waals surface area contributed by atoms with Gasteiger partial charge in [-0.05, 0) is 43.0 Å². The van der Waals surface area contributed by atoms with Crippen molar-refractivity contribution in [3.8, 4) is 5.75 Å². The molecular formula is C24H34IN3O3. The molecule has 0 aliphatic carbocycles. The van der Waals surface area contributed by atoms with Gasteiger partial charge in [0.25, 0.3) is 0 Å². The first kappa shape index (κ1) is 25.4. The maximum absolute atomic E-state index is 5.99. The normalized spacial score (nSPS) is 14.5. The van der Waals surface area contributed by atoms with E-state index in [1.54, 1.807) is 0 Å². The zero-order chi connectivity index (χ0) is 20.9. The third kappa shape index (κ3) is 9.88. The van der Waals surface area contributed by atoms with Gasteiger partial charge in [-0.15, -0.1) is 24.0 Å². The monoisotopic (exact) mass is 539 g/mol. The highest BCUT2D eigenvalue weighted by molar-refractivity contribution is 14.0. The summed E-state index contributed by atoms with van der Waals surface area (Å²) in [7, 11) is 0. The van der Waals surface area contributed by atoms with Crippen LogP contribution >= 0.6 is 24.0 Å². The molecule has 170 valence electrons. The SMILES string of the molecule is CCNC(=NCc1ccc(COC2CCOCC2)cc1)NCCOc1ccccc1.I. The number of hydrogen-bond donors (Lipinski definition) is 2. The summed E-state index contributed by atoms with van der Waals surface area (Å²) in [6, 6.07) is 18.3. The van der Waals surface area contributed by atoms with Crippen molar-refractivity contribution < 1.29 is 14.2 Å². The van der Waals surface area contributed by atoms with Crippen LogP contribution in [0.15, 0.2) is 59.6 Å². The molecule has 0 spiro atoms. The Hall–Kier alpha value is -1.84. The Bertz CT molecular complexity index is 750. The fraction of sp³-hybridized carbons (Fsp3) is 0.458. The van der Waals surface area contributed by atoms with E-state index in [1.807, 2.05) is 30.3 Å². The lowest BCUT2D eigenvalue weighted by Crippen LogP contribution is -2.39. The highest BCUT2D eigenvalue weighted by atomic mass is 127. The van der Waals surface area contributed by atoms with Gasteiger partial charge in [-0.25, -0.2) is 4.99 Å². The molecule has 1 aliphatic rings. The predicted octanol–water partition coefficient (Wildman–Crippen LogP) is 4.13. The van der Waals surface area contributed by atoms with Crippen molar-refractivity contribution in [3.05, 3.63) is 65.7 Å². The highest BCUT2D eigenvalue weighted by Crippen LogP contribution is 2.14. The van der Waals surface area contributed by atoms with Crippen molar-refractivity contribution in [2.75, 3.05) is 32.9 Å². The molecule has 2 N–H and O–H groups in total. The summed E-state index contributed by atoms with van der Waals surface area (Å²) in [6.45, 7) is 7.03. The zero-order valence-electron chi connectivity index (χ0n) is 18.2. The Balaban J connectivity index is 0.00000341. The van der Waals surface area contributed by atoms with Crippen LogP contribution in [-0.2, 0) is 22.6 Å². The van der Waals surface area contributed by atoms with E-state index >= 15 is 0 Å². The molecule has 0 aromatic heterocycles. The van der Waals surface area contributed by atoms with Crippen LogP contribution in [0.25, 0.3) is 0 Å². The summed E-state index contributed by atoms with van der Waals surface area (Å²) in [5, 5.41) is 6.59. The largest absolute Gasteiger partial charge is 0.492 e. The fourth-order valence-corrected chi connectivity index (χ4v) is 3.16. The van der Waals surface area contributed by atoms with E-state index in [0.717, 1.165) is 44.3 Å². The maximum Gasteiger partial charge on any atom is 0.191 e. The van der Waals surface area contributed by atoms with Crippen molar-refractivity contribution in [1.82, 2.24) is 10.6 Å².